The molecule has 1 heterocycles. The minimum atomic E-state index is -1.00. The summed E-state index contributed by atoms with van der Waals surface area (Å²) in [6.45, 7) is 0.0220. The molecule has 0 aliphatic rings. The third-order valence-electron chi connectivity index (χ3n) is 5.18. The zero-order chi connectivity index (χ0) is 21.8. The van der Waals surface area contributed by atoms with E-state index in [4.69, 9.17) is 4.42 Å². The van der Waals surface area contributed by atoms with Crippen LogP contribution in [0.3, 0.4) is 0 Å². The molecule has 0 saturated heterocycles. The first-order chi connectivity index (χ1) is 15.0. The lowest BCUT2D eigenvalue weighted by Gasteiger charge is -2.16. The summed E-state index contributed by atoms with van der Waals surface area (Å²) in [5.74, 6) is -1.08. The quantitative estimate of drug-likeness (QED) is 0.395. The second kappa shape index (κ2) is 8.85. The first kappa shape index (κ1) is 20.4. The average molecular weight is 415 g/mol. The van der Waals surface area contributed by atoms with Crippen LogP contribution in [0.5, 0.6) is 5.75 Å². The van der Waals surface area contributed by atoms with Crippen molar-refractivity contribution in [1.82, 2.24) is 5.32 Å². The highest BCUT2D eigenvalue weighted by Gasteiger charge is 2.20. The lowest BCUT2D eigenvalue weighted by molar-refractivity contribution is -0.139. The maximum atomic E-state index is 12.3. The fourth-order valence-electron chi connectivity index (χ4n) is 3.62. The number of phenolic OH excluding ortho intramolecular Hbond substituents is 1. The van der Waals surface area contributed by atoms with Crippen molar-refractivity contribution in [3.63, 3.8) is 0 Å². The SMILES string of the molecule is O=C(O)[C@@H](Cc1ccccc1)NCc1c(O)ccc2c(-c3ccccc3)cc(=O)oc12. The van der Waals surface area contributed by atoms with Crippen LogP contribution in [0.15, 0.2) is 88.1 Å². The summed E-state index contributed by atoms with van der Waals surface area (Å²) >= 11 is 0. The van der Waals surface area contributed by atoms with Gasteiger partial charge in [0.25, 0.3) is 0 Å². The Morgan fingerprint density at radius 3 is 2.32 bits per heavy atom. The minimum Gasteiger partial charge on any atom is -0.507 e. The molecule has 4 aromatic rings. The molecule has 3 N–H and O–H groups in total. The number of fused-ring (bicyclic) bond motifs is 1. The Bertz CT molecular complexity index is 1270. The largest absolute Gasteiger partial charge is 0.507 e. The molecule has 0 fully saturated rings. The molecule has 0 bridgehead atoms. The van der Waals surface area contributed by atoms with Gasteiger partial charge >= 0.3 is 11.6 Å². The fraction of sp³-hybridized carbons (Fsp3) is 0.120. The van der Waals surface area contributed by atoms with Gasteiger partial charge in [-0.15, -0.1) is 0 Å². The van der Waals surface area contributed by atoms with Gasteiger partial charge in [-0.2, -0.15) is 0 Å². The monoisotopic (exact) mass is 415 g/mol. The summed E-state index contributed by atoms with van der Waals surface area (Å²) in [6, 6.07) is 22.5. The van der Waals surface area contributed by atoms with Crippen molar-refractivity contribution >= 4 is 16.9 Å². The van der Waals surface area contributed by atoms with Crippen LogP contribution in [-0.2, 0) is 17.8 Å². The molecule has 31 heavy (non-hydrogen) atoms. The maximum absolute atomic E-state index is 12.3. The van der Waals surface area contributed by atoms with Gasteiger partial charge in [-0.1, -0.05) is 60.7 Å². The van der Waals surface area contributed by atoms with Crippen molar-refractivity contribution in [2.24, 2.45) is 0 Å². The lowest BCUT2D eigenvalue weighted by atomic mass is 9.99. The second-order valence-corrected chi connectivity index (χ2v) is 7.25. The van der Waals surface area contributed by atoms with Crippen molar-refractivity contribution < 1.29 is 19.4 Å². The molecule has 0 amide bonds. The van der Waals surface area contributed by atoms with Crippen LogP contribution in [0, 0.1) is 0 Å². The maximum Gasteiger partial charge on any atom is 0.336 e. The highest BCUT2D eigenvalue weighted by Crippen LogP contribution is 2.33. The van der Waals surface area contributed by atoms with Gasteiger partial charge in [0, 0.05) is 18.0 Å². The Morgan fingerprint density at radius 2 is 1.65 bits per heavy atom. The van der Waals surface area contributed by atoms with Crippen LogP contribution in [0.2, 0.25) is 0 Å². The average Bonchev–Trinajstić information content (AvgIpc) is 2.78. The van der Waals surface area contributed by atoms with E-state index in [1.165, 1.54) is 12.1 Å². The predicted molar refractivity (Wildman–Crippen MR) is 118 cm³/mol. The molecule has 6 heteroatoms. The number of hydrogen-bond donors (Lipinski definition) is 3. The first-order valence-electron chi connectivity index (χ1n) is 9.87. The molecule has 4 rings (SSSR count). The molecule has 1 aromatic heterocycles. The smallest absolute Gasteiger partial charge is 0.336 e. The number of carboxylic acid groups (broad SMARTS) is 1. The number of nitrogens with one attached hydrogen (secondary N) is 1. The van der Waals surface area contributed by atoms with Gasteiger partial charge in [0.05, 0.1) is 5.56 Å². The van der Waals surface area contributed by atoms with Crippen LogP contribution in [0.25, 0.3) is 22.1 Å². The number of rotatable bonds is 7. The molecule has 1 atom stereocenters. The van der Waals surface area contributed by atoms with Crippen molar-refractivity contribution in [2.75, 3.05) is 0 Å². The van der Waals surface area contributed by atoms with Crippen molar-refractivity contribution in [1.29, 1.82) is 0 Å². The van der Waals surface area contributed by atoms with Gasteiger partial charge in [-0.25, -0.2) is 4.79 Å². The van der Waals surface area contributed by atoms with E-state index in [0.717, 1.165) is 11.1 Å². The van der Waals surface area contributed by atoms with E-state index >= 15 is 0 Å². The molecule has 0 saturated carbocycles. The van der Waals surface area contributed by atoms with E-state index in [2.05, 4.69) is 5.32 Å². The molecule has 6 nitrogen and oxygen atoms in total. The first-order valence-corrected chi connectivity index (χ1v) is 9.87. The number of carboxylic acids is 1. The summed E-state index contributed by atoms with van der Waals surface area (Å²) in [5, 5.41) is 23.7. The normalized spacial score (nSPS) is 12.0. The van der Waals surface area contributed by atoms with Gasteiger partial charge in [0.1, 0.15) is 17.4 Å². The minimum absolute atomic E-state index is 0.0220. The number of carbonyl (C=O) groups is 1. The lowest BCUT2D eigenvalue weighted by Crippen LogP contribution is -2.38. The van der Waals surface area contributed by atoms with Crippen LogP contribution in [0.4, 0.5) is 0 Å². The molecule has 0 aliphatic heterocycles. The van der Waals surface area contributed by atoms with Crippen LogP contribution in [-0.4, -0.2) is 22.2 Å². The summed E-state index contributed by atoms with van der Waals surface area (Å²) in [4.78, 5) is 24.0. The standard InChI is InChI=1S/C25H21NO5/c27-22-12-11-18-19(17-9-5-2-6-10-17)14-23(28)31-24(18)20(22)15-26-21(25(29)30)13-16-7-3-1-4-8-16/h1-12,14,21,26-27H,13,15H2,(H,29,30)/t21-/m1/s1. The van der Waals surface area contributed by atoms with Gasteiger partial charge in [-0.05, 0) is 35.2 Å². The predicted octanol–water partition coefficient (Wildman–Crippen LogP) is 3.95. The van der Waals surface area contributed by atoms with Crippen LogP contribution in [0.1, 0.15) is 11.1 Å². The van der Waals surface area contributed by atoms with E-state index in [9.17, 15) is 19.8 Å². The Hall–Kier alpha value is -3.90. The topological polar surface area (TPSA) is 99.8 Å². The fourth-order valence-corrected chi connectivity index (χ4v) is 3.62. The Morgan fingerprint density at radius 1 is 0.968 bits per heavy atom. The van der Waals surface area contributed by atoms with Gasteiger partial charge in [0.2, 0.25) is 0 Å². The zero-order valence-electron chi connectivity index (χ0n) is 16.6. The Balaban J connectivity index is 1.70. The zero-order valence-corrected chi connectivity index (χ0v) is 16.6. The highest BCUT2D eigenvalue weighted by atomic mass is 16.4. The molecule has 156 valence electrons. The summed E-state index contributed by atoms with van der Waals surface area (Å²) in [7, 11) is 0. The van der Waals surface area contributed by atoms with E-state index in [-0.39, 0.29) is 24.3 Å². The van der Waals surface area contributed by atoms with E-state index in [0.29, 0.717) is 16.5 Å². The van der Waals surface area contributed by atoms with Crippen molar-refractivity contribution in [2.45, 2.75) is 19.0 Å². The molecule has 0 radical (unpaired) electrons. The molecular formula is C25H21NO5. The highest BCUT2D eigenvalue weighted by molar-refractivity contribution is 5.95. The van der Waals surface area contributed by atoms with E-state index < -0.39 is 17.6 Å². The third-order valence-corrected chi connectivity index (χ3v) is 5.18. The molecule has 3 aromatic carbocycles. The van der Waals surface area contributed by atoms with E-state index in [1.54, 1.807) is 6.07 Å². The second-order valence-electron chi connectivity index (χ2n) is 7.25. The number of phenols is 1. The van der Waals surface area contributed by atoms with Crippen LogP contribution >= 0.6 is 0 Å². The van der Waals surface area contributed by atoms with E-state index in [1.807, 2.05) is 60.7 Å². The van der Waals surface area contributed by atoms with Gasteiger partial charge < -0.3 is 14.6 Å². The molecular weight excluding hydrogens is 394 g/mol. The number of aliphatic carboxylic acids is 1. The summed E-state index contributed by atoms with van der Waals surface area (Å²) in [5.41, 5.74) is 2.44. The molecule has 0 aliphatic carbocycles. The number of aromatic hydroxyl groups is 1. The number of hydrogen-bond acceptors (Lipinski definition) is 5. The van der Waals surface area contributed by atoms with Gasteiger partial charge in [0.15, 0.2) is 0 Å². The molecule has 0 unspecified atom stereocenters. The Kier molecular flexibility index (Phi) is 5.82. The third kappa shape index (κ3) is 4.49. The number of benzene rings is 3. The van der Waals surface area contributed by atoms with Crippen molar-refractivity contribution in [3.05, 3.63) is 100 Å². The van der Waals surface area contributed by atoms with Gasteiger partial charge in [-0.3, -0.25) is 10.1 Å². The molecule has 0 spiro atoms. The Labute approximate surface area is 178 Å². The van der Waals surface area contributed by atoms with Crippen molar-refractivity contribution in [3.8, 4) is 16.9 Å². The van der Waals surface area contributed by atoms with Crippen LogP contribution < -0.4 is 10.9 Å². The summed E-state index contributed by atoms with van der Waals surface area (Å²) in [6.07, 6.45) is 0.279. The summed E-state index contributed by atoms with van der Waals surface area (Å²) < 4.78 is 5.44.